The zero-order valence-corrected chi connectivity index (χ0v) is 13.4. The molecule has 2 rings (SSSR count). The summed E-state index contributed by atoms with van der Waals surface area (Å²) >= 11 is 3.40. The fourth-order valence-corrected chi connectivity index (χ4v) is 2.67. The first kappa shape index (κ1) is 14.9. The first-order chi connectivity index (χ1) is 9.60. The number of nitrogens with zero attached hydrogens (tertiary/aromatic N) is 1. The topological polar surface area (TPSA) is 34.0 Å². The van der Waals surface area contributed by atoms with Crippen molar-refractivity contribution in [2.24, 2.45) is 0 Å². The summed E-state index contributed by atoms with van der Waals surface area (Å²) < 4.78 is 2.87. The monoisotopic (exact) mass is 334 g/mol. The standard InChI is InChI=1S/C16H19BrN2O/c1-3-19-11-14(17)10-15(19)16(20)18-8-7-13-6-4-5-12(2)9-13/h4-6,9-11H,3,7-8H2,1-2H3,(H,18,20). The Morgan fingerprint density at radius 3 is 2.85 bits per heavy atom. The molecule has 0 atom stereocenters. The molecule has 3 nitrogen and oxygen atoms in total. The van der Waals surface area contributed by atoms with Gasteiger partial charge < -0.3 is 9.88 Å². The van der Waals surface area contributed by atoms with Crippen LogP contribution in [0.5, 0.6) is 0 Å². The van der Waals surface area contributed by atoms with Gasteiger partial charge in [0.1, 0.15) is 5.69 Å². The molecule has 106 valence electrons. The van der Waals surface area contributed by atoms with Gasteiger partial charge in [0.05, 0.1) is 0 Å². The predicted molar refractivity (Wildman–Crippen MR) is 85.0 cm³/mol. The number of hydrogen-bond acceptors (Lipinski definition) is 1. The number of amides is 1. The van der Waals surface area contributed by atoms with Crippen LogP contribution in [0, 0.1) is 6.92 Å². The summed E-state index contributed by atoms with van der Waals surface area (Å²) in [7, 11) is 0. The van der Waals surface area contributed by atoms with Crippen LogP contribution in [0.25, 0.3) is 0 Å². The fraction of sp³-hybridized carbons (Fsp3) is 0.312. The minimum absolute atomic E-state index is 0.0230. The van der Waals surface area contributed by atoms with E-state index in [0.29, 0.717) is 12.2 Å². The molecule has 1 N–H and O–H groups in total. The Morgan fingerprint density at radius 1 is 1.35 bits per heavy atom. The Labute approximate surface area is 128 Å². The van der Waals surface area contributed by atoms with E-state index < -0.39 is 0 Å². The maximum absolute atomic E-state index is 12.1. The van der Waals surface area contributed by atoms with Crippen LogP contribution in [0.1, 0.15) is 28.5 Å². The molecule has 1 amide bonds. The largest absolute Gasteiger partial charge is 0.350 e. The lowest BCUT2D eigenvalue weighted by Gasteiger charge is -2.08. The van der Waals surface area contributed by atoms with E-state index in [1.165, 1.54) is 11.1 Å². The first-order valence-electron chi connectivity index (χ1n) is 6.79. The summed E-state index contributed by atoms with van der Waals surface area (Å²) in [6.07, 6.45) is 2.77. The van der Waals surface area contributed by atoms with E-state index in [2.05, 4.69) is 46.4 Å². The van der Waals surface area contributed by atoms with E-state index in [4.69, 9.17) is 0 Å². The number of nitrogens with one attached hydrogen (secondary N) is 1. The number of hydrogen-bond donors (Lipinski definition) is 1. The Kier molecular flexibility index (Phi) is 5.01. The van der Waals surface area contributed by atoms with Crippen molar-refractivity contribution in [1.29, 1.82) is 0 Å². The molecule has 1 aromatic carbocycles. The quantitative estimate of drug-likeness (QED) is 0.891. The first-order valence-corrected chi connectivity index (χ1v) is 7.59. The second-order valence-electron chi connectivity index (χ2n) is 4.82. The van der Waals surface area contributed by atoms with Gasteiger partial charge in [-0.05, 0) is 47.8 Å². The maximum atomic E-state index is 12.1. The second-order valence-corrected chi connectivity index (χ2v) is 5.74. The van der Waals surface area contributed by atoms with Gasteiger partial charge in [-0.25, -0.2) is 0 Å². The van der Waals surface area contributed by atoms with Gasteiger partial charge in [0.15, 0.2) is 0 Å². The van der Waals surface area contributed by atoms with Gasteiger partial charge in [0.25, 0.3) is 5.91 Å². The Bertz CT molecular complexity index is 604. The Balaban J connectivity index is 1.92. The predicted octanol–water partition coefficient (Wildman–Crippen LogP) is 3.55. The molecule has 4 heteroatoms. The Morgan fingerprint density at radius 2 is 2.15 bits per heavy atom. The van der Waals surface area contributed by atoms with Crippen LogP contribution in [-0.4, -0.2) is 17.0 Å². The molecule has 0 bridgehead atoms. The van der Waals surface area contributed by atoms with Crippen LogP contribution in [0.4, 0.5) is 0 Å². The molecule has 0 saturated heterocycles. The molecule has 0 aliphatic rings. The third-order valence-corrected chi connectivity index (χ3v) is 3.65. The lowest BCUT2D eigenvalue weighted by Crippen LogP contribution is -2.27. The van der Waals surface area contributed by atoms with Crippen LogP contribution in [0.3, 0.4) is 0 Å². The van der Waals surface area contributed by atoms with Gasteiger partial charge in [-0.3, -0.25) is 4.79 Å². The van der Waals surface area contributed by atoms with E-state index in [0.717, 1.165) is 17.4 Å². The van der Waals surface area contributed by atoms with E-state index in [1.54, 1.807) is 0 Å². The highest BCUT2D eigenvalue weighted by molar-refractivity contribution is 9.10. The highest BCUT2D eigenvalue weighted by atomic mass is 79.9. The van der Waals surface area contributed by atoms with Crippen molar-refractivity contribution < 1.29 is 4.79 Å². The van der Waals surface area contributed by atoms with Gasteiger partial charge in [0, 0.05) is 23.8 Å². The van der Waals surface area contributed by atoms with E-state index in [-0.39, 0.29) is 5.91 Å². The molecule has 20 heavy (non-hydrogen) atoms. The molecular weight excluding hydrogens is 316 g/mol. The highest BCUT2D eigenvalue weighted by Gasteiger charge is 2.11. The molecular formula is C16H19BrN2O. The molecule has 0 aliphatic heterocycles. The molecule has 0 aliphatic carbocycles. The molecule has 0 spiro atoms. The van der Waals surface area contributed by atoms with E-state index in [1.807, 2.05) is 29.8 Å². The minimum atomic E-state index is -0.0230. The fourth-order valence-electron chi connectivity index (χ4n) is 2.21. The van der Waals surface area contributed by atoms with E-state index >= 15 is 0 Å². The molecule has 2 aromatic rings. The summed E-state index contributed by atoms with van der Waals surface area (Å²) in [4.78, 5) is 12.1. The van der Waals surface area contributed by atoms with Gasteiger partial charge in [0.2, 0.25) is 0 Å². The zero-order valence-electron chi connectivity index (χ0n) is 11.8. The van der Waals surface area contributed by atoms with Crippen molar-refractivity contribution in [3.63, 3.8) is 0 Å². The van der Waals surface area contributed by atoms with Crippen molar-refractivity contribution in [1.82, 2.24) is 9.88 Å². The molecule has 0 saturated carbocycles. The third-order valence-electron chi connectivity index (χ3n) is 3.22. The average molecular weight is 335 g/mol. The zero-order chi connectivity index (χ0) is 14.5. The van der Waals surface area contributed by atoms with Gasteiger partial charge in [-0.1, -0.05) is 29.8 Å². The van der Waals surface area contributed by atoms with Crippen LogP contribution >= 0.6 is 15.9 Å². The summed E-state index contributed by atoms with van der Waals surface area (Å²) in [5.41, 5.74) is 3.19. The normalized spacial score (nSPS) is 10.6. The van der Waals surface area contributed by atoms with Crippen molar-refractivity contribution in [2.45, 2.75) is 26.8 Å². The number of benzene rings is 1. The summed E-state index contributed by atoms with van der Waals surface area (Å²) in [5, 5.41) is 2.97. The van der Waals surface area contributed by atoms with Gasteiger partial charge in [-0.15, -0.1) is 0 Å². The lowest BCUT2D eigenvalue weighted by atomic mass is 10.1. The number of halogens is 1. The van der Waals surface area contributed by atoms with Crippen molar-refractivity contribution in [3.05, 3.63) is 57.8 Å². The highest BCUT2D eigenvalue weighted by Crippen LogP contribution is 2.14. The van der Waals surface area contributed by atoms with Crippen LogP contribution < -0.4 is 5.32 Å². The molecule has 0 fully saturated rings. The average Bonchev–Trinajstić information content (AvgIpc) is 2.80. The second kappa shape index (κ2) is 6.75. The minimum Gasteiger partial charge on any atom is -0.350 e. The SMILES string of the molecule is CCn1cc(Br)cc1C(=O)NCCc1cccc(C)c1. The molecule has 0 radical (unpaired) electrons. The van der Waals surface area contributed by atoms with Gasteiger partial charge >= 0.3 is 0 Å². The van der Waals surface area contributed by atoms with Crippen molar-refractivity contribution in [3.8, 4) is 0 Å². The van der Waals surface area contributed by atoms with Crippen molar-refractivity contribution in [2.75, 3.05) is 6.54 Å². The van der Waals surface area contributed by atoms with E-state index in [9.17, 15) is 4.79 Å². The summed E-state index contributed by atoms with van der Waals surface area (Å²) in [6, 6.07) is 10.2. The van der Waals surface area contributed by atoms with Crippen molar-refractivity contribution >= 4 is 21.8 Å². The van der Waals surface area contributed by atoms with Crippen LogP contribution in [-0.2, 0) is 13.0 Å². The number of rotatable bonds is 5. The Hall–Kier alpha value is -1.55. The van der Waals surface area contributed by atoms with Crippen LogP contribution in [0.2, 0.25) is 0 Å². The number of aromatic nitrogens is 1. The lowest BCUT2D eigenvalue weighted by molar-refractivity contribution is 0.0945. The number of aryl methyl sites for hydroxylation is 2. The maximum Gasteiger partial charge on any atom is 0.267 e. The summed E-state index contributed by atoms with van der Waals surface area (Å²) in [5.74, 6) is -0.0230. The molecule has 0 unspecified atom stereocenters. The summed E-state index contributed by atoms with van der Waals surface area (Å²) in [6.45, 7) is 5.53. The van der Waals surface area contributed by atoms with Crippen LogP contribution in [0.15, 0.2) is 41.0 Å². The molecule has 1 aromatic heterocycles. The number of carbonyl (C=O) groups excluding carboxylic acids is 1. The smallest absolute Gasteiger partial charge is 0.267 e. The van der Waals surface area contributed by atoms with Gasteiger partial charge in [-0.2, -0.15) is 0 Å². The number of carbonyl (C=O) groups is 1. The molecule has 1 heterocycles. The third kappa shape index (κ3) is 3.73.